The molecule has 2 aromatic rings. The van der Waals surface area contributed by atoms with Gasteiger partial charge in [0.15, 0.2) is 0 Å². The molecule has 4 heteroatoms. The van der Waals surface area contributed by atoms with Gasteiger partial charge in [-0.05, 0) is 37.3 Å². The Hall–Kier alpha value is -2.33. The van der Waals surface area contributed by atoms with Crippen LogP contribution in [0.4, 0.5) is 0 Å². The van der Waals surface area contributed by atoms with Gasteiger partial charge in [-0.15, -0.1) is 0 Å². The van der Waals surface area contributed by atoms with E-state index in [0.29, 0.717) is 19.6 Å². The summed E-state index contributed by atoms with van der Waals surface area (Å²) in [5.74, 6) is 1.13. The number of carbonyl (C=O) groups excluding carboxylic acids is 1. The fourth-order valence-electron chi connectivity index (χ4n) is 3.98. The molecule has 1 saturated carbocycles. The van der Waals surface area contributed by atoms with Crippen LogP contribution in [-0.2, 0) is 17.8 Å². The highest BCUT2D eigenvalue weighted by molar-refractivity contribution is 5.79. The van der Waals surface area contributed by atoms with E-state index in [9.17, 15) is 9.90 Å². The standard InChI is InChI=1S/C23H27NO3/c25-22(24-14-6-10-20(16-24)23(26)12-13-23)15-19-9-4-5-11-21(19)27-17-18-7-2-1-3-8-18/h1-5,7-9,11,20,26H,6,10,12-17H2. The highest BCUT2D eigenvalue weighted by atomic mass is 16.5. The number of aliphatic hydroxyl groups is 1. The van der Waals surface area contributed by atoms with Gasteiger partial charge >= 0.3 is 0 Å². The average Bonchev–Trinajstić information content (AvgIpc) is 3.47. The Kier molecular flexibility index (Phi) is 5.17. The van der Waals surface area contributed by atoms with Crippen LogP contribution in [0.3, 0.4) is 0 Å². The molecule has 0 bridgehead atoms. The minimum Gasteiger partial charge on any atom is -0.489 e. The fourth-order valence-corrected chi connectivity index (χ4v) is 3.98. The Balaban J connectivity index is 1.39. The SMILES string of the molecule is O=C(Cc1ccccc1OCc1ccccc1)N1CCCC(C2(O)CC2)C1. The van der Waals surface area contributed by atoms with Gasteiger partial charge in [-0.1, -0.05) is 48.5 Å². The summed E-state index contributed by atoms with van der Waals surface area (Å²) in [5.41, 5.74) is 1.52. The van der Waals surface area contributed by atoms with Crippen molar-refractivity contribution in [3.8, 4) is 5.75 Å². The van der Waals surface area contributed by atoms with Crippen molar-refractivity contribution >= 4 is 5.91 Å². The molecule has 4 rings (SSSR count). The summed E-state index contributed by atoms with van der Waals surface area (Å²) >= 11 is 0. The average molecular weight is 365 g/mol. The smallest absolute Gasteiger partial charge is 0.227 e. The van der Waals surface area contributed by atoms with E-state index in [1.54, 1.807) is 0 Å². The number of ether oxygens (including phenoxy) is 1. The lowest BCUT2D eigenvalue weighted by Crippen LogP contribution is -2.44. The van der Waals surface area contributed by atoms with E-state index >= 15 is 0 Å². The maximum atomic E-state index is 12.9. The molecule has 2 aromatic carbocycles. The molecule has 1 aliphatic heterocycles. The van der Waals surface area contributed by atoms with E-state index in [1.807, 2.05) is 59.5 Å². The van der Waals surface area contributed by atoms with E-state index < -0.39 is 5.60 Å². The third-order valence-corrected chi connectivity index (χ3v) is 5.85. The van der Waals surface area contributed by atoms with Crippen LogP contribution >= 0.6 is 0 Å². The van der Waals surface area contributed by atoms with Crippen LogP contribution in [0.25, 0.3) is 0 Å². The van der Waals surface area contributed by atoms with Gasteiger partial charge in [0.05, 0.1) is 12.0 Å². The minimum absolute atomic E-state index is 0.125. The van der Waals surface area contributed by atoms with Gasteiger partial charge in [0.2, 0.25) is 5.91 Å². The first-order chi connectivity index (χ1) is 13.1. The Morgan fingerprint density at radius 1 is 1.11 bits per heavy atom. The topological polar surface area (TPSA) is 49.8 Å². The van der Waals surface area contributed by atoms with Crippen LogP contribution in [0.5, 0.6) is 5.75 Å². The number of hydrogen-bond acceptors (Lipinski definition) is 3. The first kappa shape index (κ1) is 18.1. The first-order valence-electron chi connectivity index (χ1n) is 9.89. The number of para-hydroxylation sites is 1. The molecule has 1 N–H and O–H groups in total. The van der Waals surface area contributed by atoms with Crippen LogP contribution in [0, 0.1) is 5.92 Å². The molecule has 1 saturated heterocycles. The summed E-state index contributed by atoms with van der Waals surface area (Å²) < 4.78 is 5.99. The Labute approximate surface area is 160 Å². The molecule has 2 aliphatic rings. The summed E-state index contributed by atoms with van der Waals surface area (Å²) in [7, 11) is 0. The first-order valence-corrected chi connectivity index (χ1v) is 9.89. The summed E-state index contributed by atoms with van der Waals surface area (Å²) in [5, 5.41) is 10.4. The number of likely N-dealkylation sites (tertiary alicyclic amines) is 1. The predicted molar refractivity (Wildman–Crippen MR) is 104 cm³/mol. The van der Waals surface area contributed by atoms with Gasteiger partial charge in [-0.2, -0.15) is 0 Å². The zero-order valence-corrected chi connectivity index (χ0v) is 15.6. The van der Waals surface area contributed by atoms with Crippen LogP contribution in [0.1, 0.15) is 36.8 Å². The molecule has 0 radical (unpaired) electrons. The zero-order chi connectivity index (χ0) is 18.7. The second-order valence-electron chi connectivity index (χ2n) is 7.84. The number of piperidine rings is 1. The normalized spacial score (nSPS) is 20.9. The molecule has 1 unspecified atom stereocenters. The van der Waals surface area contributed by atoms with Crippen molar-refractivity contribution in [3.05, 3.63) is 65.7 Å². The van der Waals surface area contributed by atoms with Gasteiger partial charge < -0.3 is 14.7 Å². The van der Waals surface area contributed by atoms with Crippen molar-refractivity contribution in [1.82, 2.24) is 4.90 Å². The highest BCUT2D eigenvalue weighted by Crippen LogP contribution is 2.45. The van der Waals surface area contributed by atoms with Crippen LogP contribution in [0.2, 0.25) is 0 Å². The van der Waals surface area contributed by atoms with Crippen molar-refractivity contribution in [2.45, 2.75) is 44.3 Å². The van der Waals surface area contributed by atoms with Crippen LogP contribution < -0.4 is 4.74 Å². The van der Waals surface area contributed by atoms with Gasteiger partial charge in [0.1, 0.15) is 12.4 Å². The summed E-state index contributed by atoms with van der Waals surface area (Å²) in [6, 6.07) is 17.8. The molecule has 1 aliphatic carbocycles. The number of hydrogen-bond donors (Lipinski definition) is 1. The molecule has 1 amide bonds. The second-order valence-corrected chi connectivity index (χ2v) is 7.84. The molecule has 1 heterocycles. The van der Waals surface area contributed by atoms with Crippen molar-refractivity contribution in [2.24, 2.45) is 5.92 Å². The van der Waals surface area contributed by atoms with Gasteiger partial charge in [0.25, 0.3) is 0 Å². The lowest BCUT2D eigenvalue weighted by molar-refractivity contribution is -0.133. The van der Waals surface area contributed by atoms with E-state index in [-0.39, 0.29) is 11.8 Å². The van der Waals surface area contributed by atoms with Crippen molar-refractivity contribution in [1.29, 1.82) is 0 Å². The Morgan fingerprint density at radius 3 is 2.63 bits per heavy atom. The number of nitrogens with zero attached hydrogens (tertiary/aromatic N) is 1. The number of carbonyl (C=O) groups is 1. The largest absolute Gasteiger partial charge is 0.489 e. The van der Waals surface area contributed by atoms with Crippen LogP contribution in [-0.4, -0.2) is 34.6 Å². The van der Waals surface area contributed by atoms with Crippen molar-refractivity contribution in [3.63, 3.8) is 0 Å². The van der Waals surface area contributed by atoms with E-state index in [1.165, 1.54) is 0 Å². The van der Waals surface area contributed by atoms with E-state index in [2.05, 4.69) is 0 Å². The zero-order valence-electron chi connectivity index (χ0n) is 15.6. The highest BCUT2D eigenvalue weighted by Gasteiger charge is 2.48. The maximum absolute atomic E-state index is 12.9. The Morgan fingerprint density at radius 2 is 1.85 bits per heavy atom. The maximum Gasteiger partial charge on any atom is 0.227 e. The molecule has 142 valence electrons. The third kappa shape index (κ3) is 4.33. The van der Waals surface area contributed by atoms with Crippen molar-refractivity contribution < 1.29 is 14.6 Å². The number of amides is 1. The molecule has 0 aromatic heterocycles. The molecule has 27 heavy (non-hydrogen) atoms. The van der Waals surface area contributed by atoms with E-state index in [4.69, 9.17) is 4.74 Å². The van der Waals surface area contributed by atoms with Gasteiger partial charge in [-0.3, -0.25) is 4.79 Å². The summed E-state index contributed by atoms with van der Waals surface area (Å²) in [4.78, 5) is 14.8. The van der Waals surface area contributed by atoms with E-state index in [0.717, 1.165) is 49.1 Å². The van der Waals surface area contributed by atoms with Crippen molar-refractivity contribution in [2.75, 3.05) is 13.1 Å². The number of benzene rings is 2. The molecule has 2 fully saturated rings. The molecule has 1 atom stereocenters. The molecule has 0 spiro atoms. The molecular formula is C23H27NO3. The fraction of sp³-hybridized carbons (Fsp3) is 0.435. The van der Waals surface area contributed by atoms with Crippen LogP contribution in [0.15, 0.2) is 54.6 Å². The lowest BCUT2D eigenvalue weighted by atomic mass is 9.90. The van der Waals surface area contributed by atoms with Gasteiger partial charge in [0, 0.05) is 24.6 Å². The molecule has 4 nitrogen and oxygen atoms in total. The lowest BCUT2D eigenvalue weighted by Gasteiger charge is -2.35. The summed E-state index contributed by atoms with van der Waals surface area (Å²) in [6.45, 7) is 1.96. The minimum atomic E-state index is -0.504. The van der Waals surface area contributed by atoms with Gasteiger partial charge in [-0.25, -0.2) is 0 Å². The monoisotopic (exact) mass is 365 g/mol. The quantitative estimate of drug-likeness (QED) is 0.851. The predicted octanol–water partition coefficient (Wildman–Crippen LogP) is 3.57. The summed E-state index contributed by atoms with van der Waals surface area (Å²) in [6.07, 6.45) is 4.11. The third-order valence-electron chi connectivity index (χ3n) is 5.85. The molecular weight excluding hydrogens is 338 g/mol. The number of rotatable bonds is 6. The second kappa shape index (κ2) is 7.73. The Bertz CT molecular complexity index is 785.